The minimum Gasteiger partial charge on any atom is -0.481 e. The summed E-state index contributed by atoms with van der Waals surface area (Å²) in [5.41, 5.74) is 0.221. The molecule has 6 nitrogen and oxygen atoms in total. The summed E-state index contributed by atoms with van der Waals surface area (Å²) in [6.45, 7) is 0. The van der Waals surface area contributed by atoms with Gasteiger partial charge in [-0.15, -0.1) is 0 Å². The van der Waals surface area contributed by atoms with E-state index in [0.29, 0.717) is 12.3 Å². The van der Waals surface area contributed by atoms with Crippen LogP contribution in [0.4, 0.5) is 0 Å². The third-order valence-corrected chi connectivity index (χ3v) is 4.50. The first-order valence-electron chi connectivity index (χ1n) is 5.52. The van der Waals surface area contributed by atoms with Crippen LogP contribution in [0.1, 0.15) is 16.9 Å². The summed E-state index contributed by atoms with van der Waals surface area (Å²) in [6.07, 6.45) is 0.456. The molecule has 98 valence electrons. The third-order valence-electron chi connectivity index (χ3n) is 2.73. The Morgan fingerprint density at radius 1 is 1.50 bits per heavy atom. The Balaban J connectivity index is 2.04. The number of ether oxygens (including phenoxy) is 1. The number of carbonyl (C=O) groups excluding carboxylic acids is 1. The molecule has 0 bridgehead atoms. The Morgan fingerprint density at radius 2 is 2.28 bits per heavy atom. The molecular weight excluding hydrogens is 256 g/mol. The molecule has 18 heavy (non-hydrogen) atoms. The van der Waals surface area contributed by atoms with Crippen LogP contribution in [0, 0.1) is 0 Å². The molecule has 1 amide bonds. The number of methoxy groups -OCH3 is 1. The summed E-state index contributed by atoms with van der Waals surface area (Å²) in [7, 11) is -1.53. The van der Waals surface area contributed by atoms with Gasteiger partial charge in [0, 0.05) is 12.1 Å². The Kier molecular flexibility index (Phi) is 3.51. The fraction of sp³-hybridized carbons (Fsp3) is 0.455. The number of sulfone groups is 1. The smallest absolute Gasteiger partial charge is 0.270 e. The summed E-state index contributed by atoms with van der Waals surface area (Å²) in [4.78, 5) is 15.8. The highest BCUT2D eigenvalue weighted by Gasteiger charge is 2.29. The first-order chi connectivity index (χ1) is 8.50. The van der Waals surface area contributed by atoms with Crippen molar-refractivity contribution in [3.8, 4) is 5.88 Å². The minimum absolute atomic E-state index is 0.00269. The molecule has 0 aliphatic carbocycles. The predicted octanol–water partition coefficient (Wildman–Crippen LogP) is 0.00710. The Bertz CT molecular complexity index is 556. The number of nitrogens with zero attached hydrogens (tertiary/aromatic N) is 1. The van der Waals surface area contributed by atoms with Crippen molar-refractivity contribution in [3.05, 3.63) is 23.9 Å². The number of hydrogen-bond donors (Lipinski definition) is 1. The molecular formula is C11H14N2O4S. The molecule has 1 fully saturated rings. The van der Waals surface area contributed by atoms with Crippen molar-refractivity contribution in [2.45, 2.75) is 12.5 Å². The maximum atomic E-state index is 11.9. The number of nitrogens with one attached hydrogen (secondary N) is 1. The molecule has 2 heterocycles. The lowest BCUT2D eigenvalue weighted by molar-refractivity contribution is 0.0935. The molecule has 0 spiro atoms. The van der Waals surface area contributed by atoms with Crippen LogP contribution < -0.4 is 10.1 Å². The van der Waals surface area contributed by atoms with E-state index in [1.54, 1.807) is 18.2 Å². The molecule has 0 saturated carbocycles. The summed E-state index contributed by atoms with van der Waals surface area (Å²) in [6, 6.07) is 4.53. The van der Waals surface area contributed by atoms with Gasteiger partial charge in [0.1, 0.15) is 5.69 Å². The highest BCUT2D eigenvalue weighted by Crippen LogP contribution is 2.12. The quantitative estimate of drug-likeness (QED) is 0.836. The fourth-order valence-electron chi connectivity index (χ4n) is 1.82. The predicted molar refractivity (Wildman–Crippen MR) is 65.3 cm³/mol. The number of pyridine rings is 1. The van der Waals surface area contributed by atoms with Crippen molar-refractivity contribution in [1.82, 2.24) is 10.3 Å². The normalized spacial score (nSPS) is 21.5. The molecule has 1 aliphatic heterocycles. The molecule has 1 unspecified atom stereocenters. The molecule has 1 atom stereocenters. The maximum absolute atomic E-state index is 11.9. The molecule has 1 aromatic heterocycles. The molecule has 0 radical (unpaired) electrons. The molecule has 1 aliphatic rings. The Hall–Kier alpha value is -1.63. The molecule has 2 rings (SSSR count). The van der Waals surface area contributed by atoms with Crippen molar-refractivity contribution >= 4 is 15.7 Å². The van der Waals surface area contributed by atoms with Crippen molar-refractivity contribution in [3.63, 3.8) is 0 Å². The van der Waals surface area contributed by atoms with Crippen molar-refractivity contribution < 1.29 is 17.9 Å². The average Bonchev–Trinajstić information content (AvgIpc) is 2.68. The van der Waals surface area contributed by atoms with E-state index in [2.05, 4.69) is 10.3 Å². The lowest BCUT2D eigenvalue weighted by Crippen LogP contribution is -2.36. The SMILES string of the molecule is COc1cccc(C(=O)NC2CCS(=O)(=O)C2)n1. The Labute approximate surface area is 105 Å². The molecule has 0 aromatic carbocycles. The standard InChI is InChI=1S/C11H14N2O4S/c1-17-10-4-2-3-9(13-10)11(14)12-8-5-6-18(15,16)7-8/h2-4,8H,5-7H2,1H3,(H,12,14). The van der Waals surface area contributed by atoms with Crippen molar-refractivity contribution in [2.24, 2.45) is 0 Å². The van der Waals surface area contributed by atoms with Crippen LogP contribution >= 0.6 is 0 Å². The number of aromatic nitrogens is 1. The first kappa shape index (κ1) is 12.8. The van der Waals surface area contributed by atoms with Gasteiger partial charge in [0.15, 0.2) is 9.84 Å². The van der Waals surface area contributed by atoms with Gasteiger partial charge in [0.2, 0.25) is 5.88 Å². The van der Waals surface area contributed by atoms with E-state index in [4.69, 9.17) is 4.74 Å². The Morgan fingerprint density at radius 3 is 2.89 bits per heavy atom. The third kappa shape index (κ3) is 2.98. The van der Waals surface area contributed by atoms with Crippen LogP contribution in [0.2, 0.25) is 0 Å². The average molecular weight is 270 g/mol. The van der Waals surface area contributed by atoms with Gasteiger partial charge in [0.05, 0.1) is 18.6 Å². The second-order valence-corrected chi connectivity index (χ2v) is 6.37. The highest BCUT2D eigenvalue weighted by molar-refractivity contribution is 7.91. The van der Waals surface area contributed by atoms with E-state index in [0.717, 1.165) is 0 Å². The molecule has 7 heteroatoms. The zero-order valence-electron chi connectivity index (χ0n) is 9.92. The van der Waals surface area contributed by atoms with Gasteiger partial charge in [-0.2, -0.15) is 0 Å². The van der Waals surface area contributed by atoms with Crippen LogP contribution in [-0.2, 0) is 9.84 Å². The van der Waals surface area contributed by atoms with E-state index in [9.17, 15) is 13.2 Å². The molecule has 1 aromatic rings. The molecule has 1 N–H and O–H groups in total. The maximum Gasteiger partial charge on any atom is 0.270 e. The first-order valence-corrected chi connectivity index (χ1v) is 7.34. The summed E-state index contributed by atoms with van der Waals surface area (Å²) >= 11 is 0. The lowest BCUT2D eigenvalue weighted by atomic mass is 10.2. The van der Waals surface area contributed by atoms with Gasteiger partial charge in [-0.1, -0.05) is 6.07 Å². The van der Waals surface area contributed by atoms with Gasteiger partial charge < -0.3 is 10.1 Å². The van der Waals surface area contributed by atoms with E-state index in [1.165, 1.54) is 7.11 Å². The van der Waals surface area contributed by atoms with E-state index < -0.39 is 9.84 Å². The second kappa shape index (κ2) is 4.93. The van der Waals surface area contributed by atoms with E-state index in [1.807, 2.05) is 0 Å². The van der Waals surface area contributed by atoms with Crippen LogP contribution in [-0.4, -0.2) is 44.0 Å². The number of carbonyl (C=O) groups is 1. The van der Waals surface area contributed by atoms with Crippen molar-refractivity contribution in [2.75, 3.05) is 18.6 Å². The topological polar surface area (TPSA) is 85.4 Å². The summed E-state index contributed by atoms with van der Waals surface area (Å²) in [5.74, 6) is 0.101. The van der Waals surface area contributed by atoms with Crippen LogP contribution in [0.3, 0.4) is 0 Å². The monoisotopic (exact) mass is 270 g/mol. The zero-order valence-corrected chi connectivity index (χ0v) is 10.7. The largest absolute Gasteiger partial charge is 0.481 e. The number of rotatable bonds is 3. The van der Waals surface area contributed by atoms with Gasteiger partial charge in [-0.3, -0.25) is 4.79 Å². The van der Waals surface area contributed by atoms with Gasteiger partial charge in [0.25, 0.3) is 5.91 Å². The van der Waals surface area contributed by atoms with Gasteiger partial charge >= 0.3 is 0 Å². The highest BCUT2D eigenvalue weighted by atomic mass is 32.2. The van der Waals surface area contributed by atoms with Crippen molar-refractivity contribution in [1.29, 1.82) is 0 Å². The second-order valence-electron chi connectivity index (χ2n) is 4.14. The number of hydrogen-bond acceptors (Lipinski definition) is 5. The van der Waals surface area contributed by atoms with Crippen LogP contribution in [0.25, 0.3) is 0 Å². The van der Waals surface area contributed by atoms with E-state index >= 15 is 0 Å². The van der Waals surface area contributed by atoms with Crippen LogP contribution in [0.5, 0.6) is 5.88 Å². The summed E-state index contributed by atoms with van der Waals surface area (Å²) in [5, 5.41) is 2.67. The molecule has 1 saturated heterocycles. The van der Waals surface area contributed by atoms with Gasteiger partial charge in [-0.05, 0) is 12.5 Å². The lowest BCUT2D eigenvalue weighted by Gasteiger charge is -2.10. The van der Waals surface area contributed by atoms with Gasteiger partial charge in [-0.25, -0.2) is 13.4 Å². The van der Waals surface area contributed by atoms with Crippen LogP contribution in [0.15, 0.2) is 18.2 Å². The minimum atomic E-state index is -3.00. The van der Waals surface area contributed by atoms with E-state index in [-0.39, 0.29) is 29.1 Å². The fourth-order valence-corrected chi connectivity index (χ4v) is 3.50. The summed E-state index contributed by atoms with van der Waals surface area (Å²) < 4.78 is 27.5. The number of amides is 1. The zero-order chi connectivity index (χ0) is 13.2.